The molecule has 1 fully saturated rings. The van der Waals surface area contributed by atoms with Crippen LogP contribution in [0.2, 0.25) is 0 Å². The van der Waals surface area contributed by atoms with E-state index in [0.717, 1.165) is 31.6 Å². The van der Waals surface area contributed by atoms with E-state index >= 15 is 0 Å². The minimum absolute atomic E-state index is 0.329. The SMILES string of the molecule is CC1CCCn2c1cnc2C1CCCS1(=O)=O. The third-order valence-corrected chi connectivity index (χ3v) is 6.23. The molecule has 94 valence electrons. The van der Waals surface area contributed by atoms with Gasteiger partial charge >= 0.3 is 0 Å². The van der Waals surface area contributed by atoms with E-state index in [9.17, 15) is 8.42 Å². The van der Waals surface area contributed by atoms with Crippen LogP contribution in [0.1, 0.15) is 55.3 Å². The highest BCUT2D eigenvalue weighted by Gasteiger charge is 2.37. The smallest absolute Gasteiger partial charge is 0.160 e. The predicted molar refractivity (Wildman–Crippen MR) is 65.6 cm³/mol. The molecule has 17 heavy (non-hydrogen) atoms. The molecule has 0 bridgehead atoms. The minimum atomic E-state index is -2.94. The second-order valence-electron chi connectivity index (χ2n) is 5.23. The van der Waals surface area contributed by atoms with E-state index in [4.69, 9.17) is 0 Å². The van der Waals surface area contributed by atoms with E-state index in [-0.39, 0.29) is 5.25 Å². The van der Waals surface area contributed by atoms with Crippen LogP contribution in [0.25, 0.3) is 0 Å². The molecule has 5 heteroatoms. The van der Waals surface area contributed by atoms with Gasteiger partial charge in [0.15, 0.2) is 9.84 Å². The topological polar surface area (TPSA) is 52.0 Å². The lowest BCUT2D eigenvalue weighted by atomic mass is 9.99. The molecule has 0 spiro atoms. The Bertz CT molecular complexity index is 533. The van der Waals surface area contributed by atoms with Crippen LogP contribution in [-0.2, 0) is 16.4 Å². The average molecular weight is 254 g/mol. The van der Waals surface area contributed by atoms with Gasteiger partial charge in [0, 0.05) is 18.4 Å². The highest BCUT2D eigenvalue weighted by molar-refractivity contribution is 7.91. The molecule has 0 amide bonds. The standard InChI is InChI=1S/C12H18N2O2S/c1-9-4-2-6-14-10(9)8-13-12(14)11-5-3-7-17(11,15)16/h8-9,11H,2-7H2,1H3. The highest BCUT2D eigenvalue weighted by Crippen LogP contribution is 2.37. The number of rotatable bonds is 1. The van der Waals surface area contributed by atoms with Crippen LogP contribution >= 0.6 is 0 Å². The van der Waals surface area contributed by atoms with E-state index in [1.165, 1.54) is 12.1 Å². The van der Waals surface area contributed by atoms with Crippen molar-refractivity contribution in [2.75, 3.05) is 5.75 Å². The lowest BCUT2D eigenvalue weighted by Crippen LogP contribution is -2.19. The zero-order valence-electron chi connectivity index (χ0n) is 10.1. The summed E-state index contributed by atoms with van der Waals surface area (Å²) in [5, 5.41) is -0.346. The summed E-state index contributed by atoms with van der Waals surface area (Å²) in [5.74, 6) is 1.63. The van der Waals surface area contributed by atoms with Gasteiger partial charge in [-0.25, -0.2) is 13.4 Å². The van der Waals surface area contributed by atoms with Crippen molar-refractivity contribution in [3.8, 4) is 0 Å². The lowest BCUT2D eigenvalue weighted by Gasteiger charge is -2.23. The molecule has 2 aliphatic heterocycles. The molecular weight excluding hydrogens is 236 g/mol. The third-order valence-electron chi connectivity index (χ3n) is 4.06. The number of sulfone groups is 1. The number of hydrogen-bond acceptors (Lipinski definition) is 3. The maximum atomic E-state index is 12.0. The highest BCUT2D eigenvalue weighted by atomic mass is 32.2. The van der Waals surface area contributed by atoms with Crippen molar-refractivity contribution < 1.29 is 8.42 Å². The summed E-state index contributed by atoms with van der Waals surface area (Å²) < 4.78 is 26.1. The summed E-state index contributed by atoms with van der Waals surface area (Å²) in [6.45, 7) is 3.13. The summed E-state index contributed by atoms with van der Waals surface area (Å²) in [4.78, 5) is 4.41. The number of imidazole rings is 1. The summed E-state index contributed by atoms with van der Waals surface area (Å²) in [6, 6.07) is 0. The fourth-order valence-electron chi connectivity index (χ4n) is 3.08. The molecule has 3 rings (SSSR count). The van der Waals surface area contributed by atoms with Crippen molar-refractivity contribution in [3.05, 3.63) is 17.7 Å². The molecule has 2 unspecified atom stereocenters. The van der Waals surface area contributed by atoms with Gasteiger partial charge < -0.3 is 4.57 Å². The molecular formula is C12H18N2O2S. The summed E-state index contributed by atoms with van der Waals surface area (Å²) in [6.07, 6.45) is 5.72. The first-order valence-electron chi connectivity index (χ1n) is 6.36. The Kier molecular flexibility index (Phi) is 2.54. The van der Waals surface area contributed by atoms with Gasteiger partial charge in [-0.3, -0.25) is 0 Å². The van der Waals surface area contributed by atoms with E-state index in [0.29, 0.717) is 11.7 Å². The maximum Gasteiger partial charge on any atom is 0.160 e. The van der Waals surface area contributed by atoms with E-state index in [1.54, 1.807) is 0 Å². The molecule has 2 atom stereocenters. The number of aromatic nitrogens is 2. The van der Waals surface area contributed by atoms with Crippen molar-refractivity contribution in [1.82, 2.24) is 9.55 Å². The Morgan fingerprint density at radius 1 is 1.35 bits per heavy atom. The fraction of sp³-hybridized carbons (Fsp3) is 0.750. The molecule has 1 saturated heterocycles. The summed E-state index contributed by atoms with van der Waals surface area (Å²) >= 11 is 0. The van der Waals surface area contributed by atoms with Crippen LogP contribution in [0.3, 0.4) is 0 Å². The largest absolute Gasteiger partial charge is 0.331 e. The van der Waals surface area contributed by atoms with Crippen LogP contribution in [0.15, 0.2) is 6.20 Å². The molecule has 1 aromatic rings. The van der Waals surface area contributed by atoms with Crippen LogP contribution < -0.4 is 0 Å². The van der Waals surface area contributed by atoms with Gasteiger partial charge in [0.25, 0.3) is 0 Å². The second-order valence-corrected chi connectivity index (χ2v) is 7.54. The minimum Gasteiger partial charge on any atom is -0.331 e. The van der Waals surface area contributed by atoms with Gasteiger partial charge in [0.1, 0.15) is 11.1 Å². The van der Waals surface area contributed by atoms with Gasteiger partial charge in [0.05, 0.1) is 5.75 Å². The Morgan fingerprint density at radius 3 is 2.88 bits per heavy atom. The number of hydrogen-bond donors (Lipinski definition) is 0. The molecule has 0 aliphatic carbocycles. The average Bonchev–Trinajstić information content (AvgIpc) is 2.82. The Morgan fingerprint density at radius 2 is 2.18 bits per heavy atom. The molecule has 4 nitrogen and oxygen atoms in total. The van der Waals surface area contributed by atoms with Crippen LogP contribution in [0.4, 0.5) is 0 Å². The van der Waals surface area contributed by atoms with Gasteiger partial charge in [-0.05, 0) is 31.6 Å². The van der Waals surface area contributed by atoms with Crippen LogP contribution in [0, 0.1) is 0 Å². The first-order valence-corrected chi connectivity index (χ1v) is 8.08. The number of fused-ring (bicyclic) bond motifs is 1. The molecule has 0 radical (unpaired) electrons. The second kappa shape index (κ2) is 3.83. The fourth-order valence-corrected chi connectivity index (χ4v) is 4.97. The Labute approximate surface area is 102 Å². The molecule has 3 heterocycles. The van der Waals surface area contributed by atoms with Gasteiger partial charge in [-0.1, -0.05) is 6.92 Å². The van der Waals surface area contributed by atoms with E-state index in [2.05, 4.69) is 16.5 Å². The van der Waals surface area contributed by atoms with Gasteiger partial charge in [-0.2, -0.15) is 0 Å². The molecule has 1 aromatic heterocycles. The molecule has 0 N–H and O–H groups in total. The van der Waals surface area contributed by atoms with Crippen molar-refractivity contribution in [1.29, 1.82) is 0 Å². The normalized spacial score (nSPS) is 31.4. The van der Waals surface area contributed by atoms with E-state index < -0.39 is 9.84 Å². The monoisotopic (exact) mass is 254 g/mol. The molecule has 0 saturated carbocycles. The third kappa shape index (κ3) is 1.71. The lowest BCUT2D eigenvalue weighted by molar-refractivity contribution is 0.459. The predicted octanol–water partition coefficient (Wildman–Crippen LogP) is 2.03. The van der Waals surface area contributed by atoms with Crippen molar-refractivity contribution in [2.45, 2.75) is 50.3 Å². The van der Waals surface area contributed by atoms with Crippen molar-refractivity contribution >= 4 is 9.84 Å². The number of nitrogens with zero attached hydrogens (tertiary/aromatic N) is 2. The zero-order chi connectivity index (χ0) is 12.0. The Hall–Kier alpha value is -0.840. The summed E-state index contributed by atoms with van der Waals surface area (Å²) in [7, 11) is -2.94. The van der Waals surface area contributed by atoms with Crippen molar-refractivity contribution in [2.24, 2.45) is 0 Å². The Balaban J connectivity index is 2.05. The molecule has 0 aromatic carbocycles. The first kappa shape index (κ1) is 11.3. The molecule has 2 aliphatic rings. The van der Waals surface area contributed by atoms with Gasteiger partial charge in [0.2, 0.25) is 0 Å². The quantitative estimate of drug-likeness (QED) is 0.770. The summed E-state index contributed by atoms with van der Waals surface area (Å²) in [5.41, 5.74) is 1.22. The zero-order valence-corrected chi connectivity index (χ0v) is 10.9. The van der Waals surface area contributed by atoms with Crippen LogP contribution in [0.5, 0.6) is 0 Å². The van der Waals surface area contributed by atoms with Crippen LogP contribution in [-0.4, -0.2) is 23.7 Å². The first-order chi connectivity index (χ1) is 8.09. The van der Waals surface area contributed by atoms with Gasteiger partial charge in [-0.15, -0.1) is 0 Å². The maximum absolute atomic E-state index is 12.0. The van der Waals surface area contributed by atoms with Crippen molar-refractivity contribution in [3.63, 3.8) is 0 Å². The van der Waals surface area contributed by atoms with E-state index in [1.807, 2.05) is 6.20 Å².